The van der Waals surface area contributed by atoms with Gasteiger partial charge in [0, 0.05) is 30.2 Å². The smallest absolute Gasteiger partial charge is 0.135 e. The van der Waals surface area contributed by atoms with Gasteiger partial charge in [-0.05, 0) is 38.1 Å². The zero-order valence-corrected chi connectivity index (χ0v) is 12.9. The molecule has 19 heavy (non-hydrogen) atoms. The predicted octanol–water partition coefficient (Wildman–Crippen LogP) is 3.92. The maximum Gasteiger partial charge on any atom is 0.135 e. The van der Waals surface area contributed by atoms with Gasteiger partial charge < -0.3 is 4.90 Å². The quantitative estimate of drug-likeness (QED) is 0.794. The normalized spacial score (nSPS) is 10.8. The van der Waals surface area contributed by atoms with E-state index in [1.807, 2.05) is 18.7 Å². The zero-order chi connectivity index (χ0) is 14.0. The maximum absolute atomic E-state index is 13.0. The summed E-state index contributed by atoms with van der Waals surface area (Å²) in [6, 6.07) is 6.54. The molecule has 5 heteroatoms. The molecule has 102 valence electrons. The maximum atomic E-state index is 13.0. The van der Waals surface area contributed by atoms with E-state index < -0.39 is 0 Å². The lowest BCUT2D eigenvalue weighted by Crippen LogP contribution is -2.20. The summed E-state index contributed by atoms with van der Waals surface area (Å²) in [5.74, 6) is 0.824. The van der Waals surface area contributed by atoms with Crippen molar-refractivity contribution in [3.63, 3.8) is 0 Å². The van der Waals surface area contributed by atoms with Crippen molar-refractivity contribution in [2.45, 2.75) is 19.2 Å². The molecule has 0 aliphatic carbocycles. The van der Waals surface area contributed by atoms with Gasteiger partial charge in [0.2, 0.25) is 0 Å². The monoisotopic (exact) mass is 325 g/mol. The van der Waals surface area contributed by atoms with Crippen molar-refractivity contribution in [3.05, 3.63) is 41.3 Å². The van der Waals surface area contributed by atoms with Gasteiger partial charge in [-0.3, -0.25) is 4.68 Å². The molecule has 0 aliphatic heterocycles. The standard InChI is InChI=1S/C14H17BrFN3/c1-4-19(12-7-5-11(16)6-8-12)14-13(9-15)10(2)17-18(14)3/h5-8H,4,9H2,1-3H3. The number of benzene rings is 1. The van der Waals surface area contributed by atoms with Crippen molar-refractivity contribution >= 4 is 27.4 Å². The first-order valence-corrected chi connectivity index (χ1v) is 7.32. The predicted molar refractivity (Wildman–Crippen MR) is 79.7 cm³/mol. The van der Waals surface area contributed by atoms with E-state index in [2.05, 4.69) is 32.9 Å². The number of rotatable bonds is 4. The second-order valence-corrected chi connectivity index (χ2v) is 4.93. The first kappa shape index (κ1) is 14.1. The van der Waals surface area contributed by atoms with Crippen LogP contribution in [-0.4, -0.2) is 16.3 Å². The second kappa shape index (κ2) is 5.74. The van der Waals surface area contributed by atoms with Crippen LogP contribution in [0.2, 0.25) is 0 Å². The van der Waals surface area contributed by atoms with Crippen LogP contribution in [0.5, 0.6) is 0 Å². The van der Waals surface area contributed by atoms with Crippen molar-refractivity contribution in [1.29, 1.82) is 0 Å². The van der Waals surface area contributed by atoms with Gasteiger partial charge in [0.1, 0.15) is 11.6 Å². The molecule has 0 unspecified atom stereocenters. The fourth-order valence-corrected chi connectivity index (χ4v) is 2.92. The van der Waals surface area contributed by atoms with Gasteiger partial charge in [0.15, 0.2) is 0 Å². The van der Waals surface area contributed by atoms with Crippen LogP contribution in [0, 0.1) is 12.7 Å². The van der Waals surface area contributed by atoms with Gasteiger partial charge in [-0.15, -0.1) is 0 Å². The van der Waals surface area contributed by atoms with Crippen molar-refractivity contribution in [3.8, 4) is 0 Å². The van der Waals surface area contributed by atoms with E-state index in [-0.39, 0.29) is 5.82 Å². The van der Waals surface area contributed by atoms with Crippen LogP contribution >= 0.6 is 15.9 Å². The van der Waals surface area contributed by atoms with E-state index in [1.165, 1.54) is 12.1 Å². The molecular formula is C14H17BrFN3. The Morgan fingerprint density at radius 3 is 2.47 bits per heavy atom. The third-order valence-corrected chi connectivity index (χ3v) is 3.72. The molecule has 0 atom stereocenters. The summed E-state index contributed by atoms with van der Waals surface area (Å²) >= 11 is 3.51. The summed E-state index contributed by atoms with van der Waals surface area (Å²) < 4.78 is 14.9. The van der Waals surface area contributed by atoms with Gasteiger partial charge >= 0.3 is 0 Å². The molecule has 0 saturated carbocycles. The van der Waals surface area contributed by atoms with Gasteiger partial charge in [-0.2, -0.15) is 5.10 Å². The van der Waals surface area contributed by atoms with Crippen LogP contribution < -0.4 is 4.90 Å². The van der Waals surface area contributed by atoms with E-state index >= 15 is 0 Å². The van der Waals surface area contributed by atoms with E-state index in [0.29, 0.717) is 0 Å². The van der Waals surface area contributed by atoms with Gasteiger partial charge in [-0.25, -0.2) is 4.39 Å². The minimum Gasteiger partial charge on any atom is -0.327 e. The number of halogens is 2. The van der Waals surface area contributed by atoms with Crippen molar-refractivity contribution in [2.24, 2.45) is 7.05 Å². The Bertz CT molecular complexity index is 563. The number of alkyl halides is 1. The minimum atomic E-state index is -0.221. The third kappa shape index (κ3) is 2.66. The van der Waals surface area contributed by atoms with Gasteiger partial charge in [0.25, 0.3) is 0 Å². The van der Waals surface area contributed by atoms with Crippen molar-refractivity contribution in [2.75, 3.05) is 11.4 Å². The molecule has 2 rings (SSSR count). The number of anilines is 2. The first-order valence-electron chi connectivity index (χ1n) is 6.20. The highest BCUT2D eigenvalue weighted by atomic mass is 79.9. The molecule has 1 aromatic carbocycles. The zero-order valence-electron chi connectivity index (χ0n) is 11.3. The molecule has 0 N–H and O–H groups in total. The molecule has 0 saturated heterocycles. The molecule has 0 bridgehead atoms. The van der Waals surface area contributed by atoms with Crippen LogP contribution in [0.1, 0.15) is 18.2 Å². The molecule has 0 amide bonds. The average Bonchev–Trinajstić information content (AvgIpc) is 2.67. The van der Waals surface area contributed by atoms with Crippen LogP contribution in [0.25, 0.3) is 0 Å². The van der Waals surface area contributed by atoms with Crippen LogP contribution in [0.3, 0.4) is 0 Å². The van der Waals surface area contributed by atoms with Gasteiger partial charge in [0.05, 0.1) is 5.69 Å². The average molecular weight is 326 g/mol. The van der Waals surface area contributed by atoms with E-state index in [4.69, 9.17) is 0 Å². The Labute approximate surface area is 121 Å². The minimum absolute atomic E-state index is 0.221. The molecule has 0 radical (unpaired) electrons. The lowest BCUT2D eigenvalue weighted by molar-refractivity contribution is 0.627. The van der Waals surface area contributed by atoms with E-state index in [1.54, 1.807) is 12.1 Å². The highest BCUT2D eigenvalue weighted by Crippen LogP contribution is 2.31. The lowest BCUT2D eigenvalue weighted by Gasteiger charge is -2.24. The topological polar surface area (TPSA) is 21.1 Å². The molecule has 0 spiro atoms. The lowest BCUT2D eigenvalue weighted by atomic mass is 10.2. The van der Waals surface area contributed by atoms with Crippen LogP contribution in [-0.2, 0) is 12.4 Å². The second-order valence-electron chi connectivity index (χ2n) is 4.37. The molecule has 0 aliphatic rings. The summed E-state index contributed by atoms with van der Waals surface area (Å²) in [6.45, 7) is 4.87. The number of aromatic nitrogens is 2. The van der Waals surface area contributed by atoms with Gasteiger partial charge in [-0.1, -0.05) is 15.9 Å². The molecular weight excluding hydrogens is 309 g/mol. The molecule has 1 heterocycles. The number of hydrogen-bond acceptors (Lipinski definition) is 2. The summed E-state index contributed by atoms with van der Waals surface area (Å²) in [5, 5.41) is 5.21. The fraction of sp³-hybridized carbons (Fsp3) is 0.357. The fourth-order valence-electron chi connectivity index (χ4n) is 2.26. The highest BCUT2D eigenvalue weighted by molar-refractivity contribution is 9.08. The first-order chi connectivity index (χ1) is 9.08. The Morgan fingerprint density at radius 2 is 1.95 bits per heavy atom. The summed E-state index contributed by atoms with van der Waals surface area (Å²) in [5.41, 5.74) is 3.14. The number of nitrogens with zero attached hydrogens (tertiary/aromatic N) is 3. The highest BCUT2D eigenvalue weighted by Gasteiger charge is 2.18. The largest absolute Gasteiger partial charge is 0.327 e. The Morgan fingerprint density at radius 1 is 1.32 bits per heavy atom. The summed E-state index contributed by atoms with van der Waals surface area (Å²) in [7, 11) is 1.93. The van der Waals surface area contributed by atoms with Crippen molar-refractivity contribution in [1.82, 2.24) is 9.78 Å². The van der Waals surface area contributed by atoms with Crippen LogP contribution in [0.4, 0.5) is 15.9 Å². The van der Waals surface area contributed by atoms with Crippen molar-refractivity contribution < 1.29 is 4.39 Å². The van der Waals surface area contributed by atoms with Crippen LogP contribution in [0.15, 0.2) is 24.3 Å². The molecule has 0 fully saturated rings. The number of hydrogen-bond donors (Lipinski definition) is 0. The molecule has 1 aromatic heterocycles. The summed E-state index contributed by atoms with van der Waals surface area (Å²) in [6.07, 6.45) is 0. The Hall–Kier alpha value is -1.36. The van der Waals surface area contributed by atoms with E-state index in [9.17, 15) is 4.39 Å². The molecule has 3 nitrogen and oxygen atoms in total. The Balaban J connectivity index is 2.50. The SMILES string of the molecule is CCN(c1ccc(F)cc1)c1c(CBr)c(C)nn1C. The number of aryl methyl sites for hydroxylation is 2. The molecule has 2 aromatic rings. The Kier molecular flexibility index (Phi) is 4.24. The summed E-state index contributed by atoms with van der Waals surface area (Å²) in [4.78, 5) is 2.13. The van der Waals surface area contributed by atoms with E-state index in [0.717, 1.165) is 34.6 Å². The third-order valence-electron chi connectivity index (χ3n) is 3.16.